The normalized spacial score (nSPS) is 14.5. The number of hydrogen-bond donors (Lipinski definition) is 3. The first-order chi connectivity index (χ1) is 16.2. The van der Waals surface area contributed by atoms with Crippen molar-refractivity contribution in [2.24, 2.45) is 0 Å². The summed E-state index contributed by atoms with van der Waals surface area (Å²) in [4.78, 5) is 0. The molecule has 0 atom stereocenters. The predicted octanol–water partition coefficient (Wildman–Crippen LogP) is 6.60. The highest BCUT2D eigenvalue weighted by molar-refractivity contribution is 5.82. The molecule has 4 rings (SSSR count). The van der Waals surface area contributed by atoms with E-state index in [0.717, 1.165) is 49.7 Å². The van der Waals surface area contributed by atoms with Crippen molar-refractivity contribution < 1.29 is 9.47 Å². The first-order valence-electron chi connectivity index (χ1n) is 12.9. The lowest BCUT2D eigenvalue weighted by molar-refractivity contribution is 0.310. The lowest BCUT2D eigenvalue weighted by Gasteiger charge is -2.12. The number of hydrogen-bond acceptors (Lipinski definition) is 5. The van der Waals surface area contributed by atoms with E-state index in [9.17, 15) is 0 Å². The maximum absolute atomic E-state index is 6.01. The van der Waals surface area contributed by atoms with Gasteiger partial charge in [0.25, 0.3) is 0 Å². The van der Waals surface area contributed by atoms with E-state index < -0.39 is 0 Å². The summed E-state index contributed by atoms with van der Waals surface area (Å²) in [5.74, 6) is 1.90. The van der Waals surface area contributed by atoms with E-state index in [0.29, 0.717) is 6.61 Å². The monoisotopic (exact) mass is 453 g/mol. The molecule has 2 aromatic rings. The van der Waals surface area contributed by atoms with Gasteiger partial charge in [0.05, 0.1) is 18.9 Å². The van der Waals surface area contributed by atoms with Gasteiger partial charge in [0.15, 0.2) is 0 Å². The van der Waals surface area contributed by atoms with Crippen molar-refractivity contribution in [1.82, 2.24) is 5.32 Å². The Balaban J connectivity index is 0.000000454. The molecule has 0 aromatic heterocycles. The van der Waals surface area contributed by atoms with Crippen molar-refractivity contribution in [1.29, 1.82) is 0 Å². The van der Waals surface area contributed by atoms with Crippen molar-refractivity contribution in [2.75, 3.05) is 36.9 Å². The molecule has 0 saturated heterocycles. The van der Waals surface area contributed by atoms with Crippen LogP contribution in [-0.4, -0.2) is 32.0 Å². The second-order valence-corrected chi connectivity index (χ2v) is 9.00. The topological polar surface area (TPSA) is 54.5 Å². The Hall–Kier alpha value is -2.40. The molecule has 1 fully saturated rings. The average molecular weight is 454 g/mol. The van der Waals surface area contributed by atoms with E-state index in [1.165, 1.54) is 49.8 Å². The summed E-state index contributed by atoms with van der Waals surface area (Å²) in [6.45, 7) is 9.84. The molecule has 2 aromatic carbocycles. The van der Waals surface area contributed by atoms with Gasteiger partial charge in [-0.25, -0.2) is 0 Å². The summed E-state index contributed by atoms with van der Waals surface area (Å²) in [7, 11) is 0. The largest absolute Gasteiger partial charge is 0.494 e. The highest BCUT2D eigenvalue weighted by Crippen LogP contribution is 2.50. The van der Waals surface area contributed by atoms with Gasteiger partial charge < -0.3 is 25.4 Å². The molecular formula is C28H43N3O2. The van der Waals surface area contributed by atoms with Gasteiger partial charge in [-0.3, -0.25) is 0 Å². The van der Waals surface area contributed by atoms with Gasteiger partial charge in [0, 0.05) is 0 Å². The molecule has 33 heavy (non-hydrogen) atoms. The van der Waals surface area contributed by atoms with Crippen LogP contribution in [0, 0.1) is 0 Å². The molecule has 0 amide bonds. The van der Waals surface area contributed by atoms with E-state index in [2.05, 4.69) is 54.1 Å². The van der Waals surface area contributed by atoms with E-state index in [1.807, 2.05) is 25.1 Å². The van der Waals surface area contributed by atoms with Gasteiger partial charge in [-0.05, 0) is 75.5 Å². The minimum Gasteiger partial charge on any atom is -0.494 e. The Morgan fingerprint density at radius 2 is 1.61 bits per heavy atom. The van der Waals surface area contributed by atoms with Crippen LogP contribution in [0.3, 0.4) is 0 Å². The Labute approximate surface area is 200 Å². The minimum absolute atomic E-state index is 0.115. The van der Waals surface area contributed by atoms with Gasteiger partial charge in [-0.15, -0.1) is 0 Å². The van der Waals surface area contributed by atoms with Gasteiger partial charge in [-0.2, -0.15) is 0 Å². The first kappa shape index (κ1) is 25.2. The molecule has 182 valence electrons. The van der Waals surface area contributed by atoms with E-state index in [1.54, 1.807) is 0 Å². The Bertz CT molecular complexity index is 814. The summed E-state index contributed by atoms with van der Waals surface area (Å²) in [6.07, 6.45) is 9.91. The Kier molecular flexibility index (Phi) is 10.2. The molecule has 5 heteroatoms. The van der Waals surface area contributed by atoms with Gasteiger partial charge in [0.2, 0.25) is 0 Å². The third kappa shape index (κ3) is 8.15. The maximum atomic E-state index is 6.01. The van der Waals surface area contributed by atoms with Crippen molar-refractivity contribution in [3.63, 3.8) is 0 Å². The highest BCUT2D eigenvalue weighted by atomic mass is 16.5. The molecule has 1 aliphatic carbocycles. The fourth-order valence-electron chi connectivity index (χ4n) is 3.94. The minimum atomic E-state index is 0.115. The maximum Gasteiger partial charge on any atom is 0.144 e. The third-order valence-electron chi connectivity index (χ3n) is 6.05. The molecule has 0 radical (unpaired) electrons. The summed E-state index contributed by atoms with van der Waals surface area (Å²) in [5, 5.41) is 10.6. The molecule has 3 N–H and O–H groups in total. The van der Waals surface area contributed by atoms with Crippen LogP contribution in [0.1, 0.15) is 71.3 Å². The molecule has 0 unspecified atom stereocenters. The van der Waals surface area contributed by atoms with Crippen LogP contribution in [0.4, 0.5) is 11.4 Å². The number of rotatable bonds is 13. The van der Waals surface area contributed by atoms with E-state index >= 15 is 0 Å². The second-order valence-electron chi connectivity index (χ2n) is 9.00. The van der Waals surface area contributed by atoms with Crippen LogP contribution in [-0.2, 0) is 6.42 Å². The number of benzene rings is 2. The molecule has 5 nitrogen and oxygen atoms in total. The van der Waals surface area contributed by atoms with Crippen molar-refractivity contribution in [3.8, 4) is 11.5 Å². The average Bonchev–Trinajstić information content (AvgIpc) is 3.47. The number of ether oxygens (including phenoxy) is 2. The third-order valence-corrected chi connectivity index (χ3v) is 6.05. The van der Waals surface area contributed by atoms with Crippen molar-refractivity contribution in [3.05, 3.63) is 48.0 Å². The lowest BCUT2D eigenvalue weighted by atomic mass is 10.1. The molecular weight excluding hydrogens is 410 g/mol. The SMILES string of the molecule is CCCCCC.CCOc1ccc(CCNCCCOc2cccc3c2NC2(CC2)N3)cc1. The zero-order valence-corrected chi connectivity index (χ0v) is 20.8. The van der Waals surface area contributed by atoms with E-state index in [4.69, 9.17) is 9.47 Å². The van der Waals surface area contributed by atoms with Crippen LogP contribution in [0.25, 0.3) is 0 Å². The van der Waals surface area contributed by atoms with Crippen LogP contribution in [0.2, 0.25) is 0 Å². The van der Waals surface area contributed by atoms with Crippen molar-refractivity contribution in [2.45, 2.75) is 77.8 Å². The van der Waals surface area contributed by atoms with Crippen LogP contribution < -0.4 is 25.4 Å². The zero-order valence-electron chi connectivity index (χ0n) is 20.8. The van der Waals surface area contributed by atoms with Crippen LogP contribution >= 0.6 is 0 Å². The number of para-hydroxylation sites is 1. The standard InChI is InChI=1S/C22H29N3O2.C6H14/c1-2-26-18-9-7-17(8-10-18)11-15-23-14-4-16-27-20-6-3-5-19-21(20)25-22(24-19)12-13-22;1-3-5-6-4-2/h3,5-10,23-25H,2,4,11-16H2,1H3;3-6H2,1-2H3. The molecule has 1 saturated carbocycles. The molecule has 2 aliphatic rings. The summed E-state index contributed by atoms with van der Waals surface area (Å²) in [6, 6.07) is 14.6. The fourth-order valence-corrected chi connectivity index (χ4v) is 3.94. The molecule has 0 bridgehead atoms. The fraction of sp³-hybridized carbons (Fsp3) is 0.571. The van der Waals surface area contributed by atoms with Crippen LogP contribution in [0.5, 0.6) is 11.5 Å². The zero-order chi connectivity index (χ0) is 23.4. The van der Waals surface area contributed by atoms with Gasteiger partial charge >= 0.3 is 0 Å². The molecule has 1 spiro atoms. The van der Waals surface area contributed by atoms with Crippen molar-refractivity contribution >= 4 is 11.4 Å². The quantitative estimate of drug-likeness (QED) is 0.298. The smallest absolute Gasteiger partial charge is 0.144 e. The summed E-state index contributed by atoms with van der Waals surface area (Å²) in [5.41, 5.74) is 3.73. The second kappa shape index (κ2) is 13.3. The Morgan fingerprint density at radius 1 is 0.848 bits per heavy atom. The predicted molar refractivity (Wildman–Crippen MR) is 140 cm³/mol. The van der Waals surface area contributed by atoms with Gasteiger partial charge in [0.1, 0.15) is 22.8 Å². The van der Waals surface area contributed by atoms with E-state index in [-0.39, 0.29) is 5.66 Å². The number of fused-ring (bicyclic) bond motifs is 1. The highest BCUT2D eigenvalue weighted by Gasteiger charge is 2.47. The summed E-state index contributed by atoms with van der Waals surface area (Å²) < 4.78 is 11.5. The molecule has 1 heterocycles. The summed E-state index contributed by atoms with van der Waals surface area (Å²) >= 11 is 0. The Morgan fingerprint density at radius 3 is 2.27 bits per heavy atom. The number of anilines is 2. The lowest BCUT2D eigenvalue weighted by Crippen LogP contribution is -2.23. The number of nitrogens with one attached hydrogen (secondary N) is 3. The first-order valence-corrected chi connectivity index (χ1v) is 12.9. The number of unbranched alkanes of at least 4 members (excludes halogenated alkanes) is 3. The molecule has 1 aliphatic heterocycles. The van der Waals surface area contributed by atoms with Crippen LogP contribution in [0.15, 0.2) is 42.5 Å². The van der Waals surface area contributed by atoms with Gasteiger partial charge in [-0.1, -0.05) is 57.7 Å².